The Kier molecular flexibility index (Phi) is 3.90. The first-order valence-corrected chi connectivity index (χ1v) is 7.71. The van der Waals surface area contributed by atoms with Gasteiger partial charge < -0.3 is 10.2 Å². The molecule has 0 spiro atoms. The van der Waals surface area contributed by atoms with E-state index in [1.165, 1.54) is 6.92 Å². The molecule has 1 aliphatic rings. The van der Waals surface area contributed by atoms with Crippen molar-refractivity contribution in [1.29, 1.82) is 0 Å². The molecular weight excluding hydrogens is 288 g/mol. The molecule has 1 unspecified atom stereocenters. The molecule has 1 N–H and O–H groups in total. The van der Waals surface area contributed by atoms with Crippen molar-refractivity contribution in [2.75, 3.05) is 4.90 Å². The standard InChI is InChI=1S/C19H20N2O2/c1-12-9-13(2)18-16(10-12)17(20-14(3)22)19(23)21(18)11-15-7-5-4-6-8-15/h4-10,17H,11H2,1-3H3,(H,20,22). The van der Waals surface area contributed by atoms with Crippen molar-refractivity contribution >= 4 is 17.5 Å². The van der Waals surface area contributed by atoms with Crippen molar-refractivity contribution < 1.29 is 9.59 Å². The molecule has 2 aromatic carbocycles. The molecule has 118 valence electrons. The molecule has 1 atom stereocenters. The molecule has 0 fully saturated rings. The fraction of sp³-hybridized carbons (Fsp3) is 0.263. The summed E-state index contributed by atoms with van der Waals surface area (Å²) in [6.45, 7) is 5.96. The van der Waals surface area contributed by atoms with Crippen LogP contribution in [0.15, 0.2) is 42.5 Å². The quantitative estimate of drug-likeness (QED) is 0.947. The molecule has 1 aliphatic heterocycles. The fourth-order valence-electron chi connectivity index (χ4n) is 3.25. The van der Waals surface area contributed by atoms with Crippen LogP contribution in [-0.4, -0.2) is 11.8 Å². The lowest BCUT2D eigenvalue weighted by atomic mass is 10.0. The molecule has 0 saturated carbocycles. The van der Waals surface area contributed by atoms with Gasteiger partial charge in [-0.3, -0.25) is 9.59 Å². The van der Waals surface area contributed by atoms with Gasteiger partial charge in [-0.25, -0.2) is 0 Å². The lowest BCUT2D eigenvalue weighted by Crippen LogP contribution is -2.36. The van der Waals surface area contributed by atoms with Crippen LogP contribution in [0.1, 0.15) is 35.2 Å². The van der Waals surface area contributed by atoms with Gasteiger partial charge in [0.25, 0.3) is 5.91 Å². The number of hydrogen-bond donors (Lipinski definition) is 1. The van der Waals surface area contributed by atoms with E-state index in [4.69, 9.17) is 0 Å². The fourth-order valence-corrected chi connectivity index (χ4v) is 3.25. The Morgan fingerprint density at radius 1 is 1.17 bits per heavy atom. The van der Waals surface area contributed by atoms with Gasteiger partial charge in [0.05, 0.1) is 12.2 Å². The highest BCUT2D eigenvalue weighted by Crippen LogP contribution is 2.40. The molecular formula is C19H20N2O2. The van der Waals surface area contributed by atoms with Crippen molar-refractivity contribution in [3.05, 3.63) is 64.7 Å². The van der Waals surface area contributed by atoms with Gasteiger partial charge in [0.2, 0.25) is 5.91 Å². The molecule has 4 nitrogen and oxygen atoms in total. The molecule has 2 amide bonds. The van der Waals surface area contributed by atoms with Crippen molar-refractivity contribution in [3.8, 4) is 0 Å². The number of nitrogens with zero attached hydrogens (tertiary/aromatic N) is 1. The van der Waals surface area contributed by atoms with E-state index in [-0.39, 0.29) is 11.8 Å². The molecule has 0 aliphatic carbocycles. The van der Waals surface area contributed by atoms with E-state index in [2.05, 4.69) is 11.4 Å². The molecule has 1 heterocycles. The average Bonchev–Trinajstić information content (AvgIpc) is 2.74. The Labute approximate surface area is 136 Å². The van der Waals surface area contributed by atoms with Gasteiger partial charge in [-0.2, -0.15) is 0 Å². The number of benzene rings is 2. The predicted molar refractivity (Wildman–Crippen MR) is 90.1 cm³/mol. The summed E-state index contributed by atoms with van der Waals surface area (Å²) in [4.78, 5) is 26.2. The second-order valence-corrected chi connectivity index (χ2v) is 6.06. The normalized spacial score (nSPS) is 16.4. The second kappa shape index (κ2) is 5.88. The van der Waals surface area contributed by atoms with E-state index in [1.54, 1.807) is 4.90 Å². The second-order valence-electron chi connectivity index (χ2n) is 6.06. The number of fused-ring (bicyclic) bond motifs is 1. The highest BCUT2D eigenvalue weighted by Gasteiger charge is 2.38. The maximum atomic E-state index is 12.9. The summed E-state index contributed by atoms with van der Waals surface area (Å²) in [6, 6.07) is 13.4. The van der Waals surface area contributed by atoms with Crippen LogP contribution < -0.4 is 10.2 Å². The summed E-state index contributed by atoms with van der Waals surface area (Å²) in [5, 5.41) is 2.79. The first-order valence-electron chi connectivity index (χ1n) is 7.71. The first-order chi connectivity index (χ1) is 11.0. The zero-order valence-corrected chi connectivity index (χ0v) is 13.6. The number of nitrogens with one attached hydrogen (secondary N) is 1. The van der Waals surface area contributed by atoms with Gasteiger partial charge >= 0.3 is 0 Å². The minimum absolute atomic E-state index is 0.0762. The smallest absolute Gasteiger partial charge is 0.254 e. The number of rotatable bonds is 3. The number of hydrogen-bond acceptors (Lipinski definition) is 2. The molecule has 3 rings (SSSR count). The van der Waals surface area contributed by atoms with Gasteiger partial charge in [0.1, 0.15) is 6.04 Å². The Morgan fingerprint density at radius 3 is 2.52 bits per heavy atom. The predicted octanol–water partition coefficient (Wildman–Crippen LogP) is 3.03. The third-order valence-corrected chi connectivity index (χ3v) is 4.10. The molecule has 4 heteroatoms. The summed E-state index contributed by atoms with van der Waals surface area (Å²) in [6.07, 6.45) is 0. The number of anilines is 1. The summed E-state index contributed by atoms with van der Waals surface area (Å²) in [5.41, 5.74) is 5.01. The van der Waals surface area contributed by atoms with Crippen LogP contribution in [0.25, 0.3) is 0 Å². The highest BCUT2D eigenvalue weighted by atomic mass is 16.2. The molecule has 2 aromatic rings. The first kappa shape index (κ1) is 15.3. The summed E-state index contributed by atoms with van der Waals surface area (Å²) in [5.74, 6) is -0.275. The van der Waals surface area contributed by atoms with Gasteiger partial charge in [0.15, 0.2) is 0 Å². The van der Waals surface area contributed by atoms with Crippen LogP contribution in [0, 0.1) is 13.8 Å². The average molecular weight is 308 g/mol. The lowest BCUT2D eigenvalue weighted by molar-refractivity contribution is -0.126. The Balaban J connectivity index is 2.05. The third kappa shape index (κ3) is 2.84. The topological polar surface area (TPSA) is 49.4 Å². The van der Waals surface area contributed by atoms with E-state index >= 15 is 0 Å². The van der Waals surface area contributed by atoms with Gasteiger partial charge in [-0.15, -0.1) is 0 Å². The van der Waals surface area contributed by atoms with Crippen LogP contribution in [0.2, 0.25) is 0 Å². The summed E-state index contributed by atoms with van der Waals surface area (Å²) in [7, 11) is 0. The molecule has 0 radical (unpaired) electrons. The Hall–Kier alpha value is -2.62. The van der Waals surface area contributed by atoms with E-state index in [9.17, 15) is 9.59 Å². The molecule has 0 bridgehead atoms. The van der Waals surface area contributed by atoms with Crippen LogP contribution in [-0.2, 0) is 16.1 Å². The lowest BCUT2D eigenvalue weighted by Gasteiger charge is -2.20. The van der Waals surface area contributed by atoms with E-state index in [0.29, 0.717) is 6.54 Å². The van der Waals surface area contributed by atoms with Crippen LogP contribution >= 0.6 is 0 Å². The third-order valence-electron chi connectivity index (χ3n) is 4.10. The van der Waals surface area contributed by atoms with Gasteiger partial charge in [-0.05, 0) is 25.0 Å². The van der Waals surface area contributed by atoms with E-state index in [1.807, 2.05) is 50.2 Å². The zero-order valence-electron chi connectivity index (χ0n) is 13.6. The molecule has 23 heavy (non-hydrogen) atoms. The zero-order chi connectivity index (χ0) is 16.6. The minimum atomic E-state index is -0.593. The maximum Gasteiger partial charge on any atom is 0.254 e. The number of amides is 2. The Morgan fingerprint density at radius 2 is 1.87 bits per heavy atom. The van der Waals surface area contributed by atoms with Crippen molar-refractivity contribution in [1.82, 2.24) is 5.32 Å². The molecule has 0 aromatic heterocycles. The summed E-state index contributed by atoms with van der Waals surface area (Å²) >= 11 is 0. The SMILES string of the molecule is CC(=O)NC1C(=O)N(Cc2ccccc2)c2c(C)cc(C)cc21. The van der Waals surface area contributed by atoms with E-state index < -0.39 is 6.04 Å². The van der Waals surface area contributed by atoms with Gasteiger partial charge in [0, 0.05) is 12.5 Å². The van der Waals surface area contributed by atoms with Crippen molar-refractivity contribution in [3.63, 3.8) is 0 Å². The Bertz CT molecular complexity index is 768. The largest absolute Gasteiger partial charge is 0.341 e. The van der Waals surface area contributed by atoms with Crippen LogP contribution in [0.3, 0.4) is 0 Å². The number of carbonyl (C=O) groups is 2. The summed E-state index contributed by atoms with van der Waals surface area (Å²) < 4.78 is 0. The molecule has 0 saturated heterocycles. The minimum Gasteiger partial charge on any atom is -0.341 e. The van der Waals surface area contributed by atoms with Crippen LogP contribution in [0.5, 0.6) is 0 Å². The number of carbonyl (C=O) groups excluding carboxylic acids is 2. The maximum absolute atomic E-state index is 12.9. The van der Waals surface area contributed by atoms with Crippen molar-refractivity contribution in [2.45, 2.75) is 33.4 Å². The monoisotopic (exact) mass is 308 g/mol. The van der Waals surface area contributed by atoms with Crippen LogP contribution in [0.4, 0.5) is 5.69 Å². The number of aryl methyl sites for hydroxylation is 2. The van der Waals surface area contributed by atoms with Crippen molar-refractivity contribution in [2.24, 2.45) is 0 Å². The van der Waals surface area contributed by atoms with Gasteiger partial charge in [-0.1, -0.05) is 48.0 Å². The highest BCUT2D eigenvalue weighted by molar-refractivity contribution is 6.06. The van der Waals surface area contributed by atoms with E-state index in [0.717, 1.165) is 27.9 Å².